The fourth-order valence-corrected chi connectivity index (χ4v) is 1.66. The van der Waals surface area contributed by atoms with Gasteiger partial charge in [-0.05, 0) is 37.8 Å². The Hall–Kier alpha value is -1.09. The smallest absolute Gasteiger partial charge is 0.166 e. The van der Waals surface area contributed by atoms with E-state index in [1.165, 1.54) is 0 Å². The highest BCUT2D eigenvalue weighted by atomic mass is 16.3. The van der Waals surface area contributed by atoms with Crippen molar-refractivity contribution in [2.45, 2.75) is 32.7 Å². The zero-order valence-electron chi connectivity index (χ0n) is 9.39. The molecule has 0 unspecified atom stereocenters. The minimum absolute atomic E-state index is 0.235. The molecule has 1 heterocycles. The van der Waals surface area contributed by atoms with Gasteiger partial charge in [-0.25, -0.2) is 0 Å². The highest BCUT2D eigenvalue weighted by Gasteiger charge is 2.09. The van der Waals surface area contributed by atoms with E-state index < -0.39 is 0 Å². The summed E-state index contributed by atoms with van der Waals surface area (Å²) >= 11 is 0. The number of aliphatic hydroxyl groups is 1. The van der Waals surface area contributed by atoms with Gasteiger partial charge in [-0.15, -0.1) is 0 Å². The highest BCUT2D eigenvalue weighted by Crippen LogP contribution is 2.18. The van der Waals surface area contributed by atoms with Gasteiger partial charge in [0.15, 0.2) is 6.29 Å². The molecule has 0 aliphatic carbocycles. The van der Waals surface area contributed by atoms with Crippen molar-refractivity contribution in [3.63, 3.8) is 0 Å². The van der Waals surface area contributed by atoms with Crippen molar-refractivity contribution in [1.29, 1.82) is 0 Å². The van der Waals surface area contributed by atoms with Gasteiger partial charge in [0.1, 0.15) is 0 Å². The minimum atomic E-state index is 0.235. The zero-order chi connectivity index (χ0) is 11.3. The summed E-state index contributed by atoms with van der Waals surface area (Å²) in [7, 11) is 0. The quantitative estimate of drug-likeness (QED) is 0.730. The van der Waals surface area contributed by atoms with Gasteiger partial charge in [-0.3, -0.25) is 4.79 Å². The first-order chi connectivity index (χ1) is 7.19. The van der Waals surface area contributed by atoms with Gasteiger partial charge >= 0.3 is 0 Å². The van der Waals surface area contributed by atoms with Crippen LogP contribution in [0.5, 0.6) is 0 Å². The first kappa shape index (κ1) is 12.0. The number of aromatic nitrogens is 1. The van der Waals surface area contributed by atoms with Crippen LogP contribution in [0.15, 0.2) is 18.3 Å². The molecule has 0 amide bonds. The Balaban J connectivity index is 2.53. The molecule has 0 aliphatic rings. The highest BCUT2D eigenvalue weighted by molar-refractivity contribution is 5.72. The maximum atomic E-state index is 10.7. The Morgan fingerprint density at radius 3 is 2.80 bits per heavy atom. The second kappa shape index (κ2) is 5.71. The lowest BCUT2D eigenvalue weighted by Crippen LogP contribution is -2.10. The predicted octanol–water partition coefficient (Wildman–Crippen LogP) is 2.27. The Morgan fingerprint density at radius 2 is 2.20 bits per heavy atom. The molecule has 0 aromatic carbocycles. The average molecular weight is 209 g/mol. The molecule has 3 heteroatoms. The molecule has 2 atom stereocenters. The molecule has 3 nitrogen and oxygen atoms in total. The number of carbonyl (C=O) groups excluding carboxylic acids is 1. The van der Waals surface area contributed by atoms with Crippen LogP contribution in [-0.4, -0.2) is 22.6 Å². The van der Waals surface area contributed by atoms with Crippen molar-refractivity contribution >= 4 is 6.29 Å². The van der Waals surface area contributed by atoms with Crippen molar-refractivity contribution in [3.8, 4) is 0 Å². The van der Waals surface area contributed by atoms with Gasteiger partial charge < -0.3 is 9.67 Å². The molecule has 0 radical (unpaired) electrons. The van der Waals surface area contributed by atoms with E-state index in [0.29, 0.717) is 12.0 Å². The van der Waals surface area contributed by atoms with E-state index in [4.69, 9.17) is 5.11 Å². The molecule has 1 N–H and O–H groups in total. The number of nitrogens with zero attached hydrogens (tertiary/aromatic N) is 1. The molecule has 84 valence electrons. The summed E-state index contributed by atoms with van der Waals surface area (Å²) in [6.45, 7) is 4.36. The topological polar surface area (TPSA) is 42.2 Å². The Bertz CT molecular complexity index is 306. The lowest BCUT2D eigenvalue weighted by molar-refractivity contribution is 0.111. The molecule has 1 rings (SSSR count). The van der Waals surface area contributed by atoms with Crippen molar-refractivity contribution in [1.82, 2.24) is 4.57 Å². The number of aliphatic hydroxyl groups excluding tert-OH is 1. The van der Waals surface area contributed by atoms with Crippen molar-refractivity contribution in [2.75, 3.05) is 6.61 Å². The van der Waals surface area contributed by atoms with Crippen LogP contribution in [0.1, 0.15) is 43.2 Å². The van der Waals surface area contributed by atoms with Gasteiger partial charge in [0.25, 0.3) is 0 Å². The maximum absolute atomic E-state index is 10.7. The number of hydrogen-bond donors (Lipinski definition) is 1. The number of carbonyl (C=O) groups is 1. The largest absolute Gasteiger partial charge is 0.396 e. The zero-order valence-corrected chi connectivity index (χ0v) is 9.39. The first-order valence-electron chi connectivity index (χ1n) is 5.42. The van der Waals surface area contributed by atoms with E-state index >= 15 is 0 Å². The number of aldehydes is 1. The molecule has 0 saturated heterocycles. The Kier molecular flexibility index (Phi) is 4.56. The minimum Gasteiger partial charge on any atom is -0.396 e. The van der Waals surface area contributed by atoms with Gasteiger partial charge in [0.05, 0.1) is 5.69 Å². The van der Waals surface area contributed by atoms with Crippen LogP contribution in [0.4, 0.5) is 0 Å². The Morgan fingerprint density at radius 1 is 1.47 bits per heavy atom. The van der Waals surface area contributed by atoms with Gasteiger partial charge in [-0.2, -0.15) is 0 Å². The fraction of sp³-hybridized carbons (Fsp3) is 0.583. The van der Waals surface area contributed by atoms with Crippen LogP contribution < -0.4 is 0 Å². The lowest BCUT2D eigenvalue weighted by atomic mass is 10.0. The maximum Gasteiger partial charge on any atom is 0.166 e. The SMILES string of the molecule is C[C@H](CO)CC[C@@H](C)n1cccc1C=O. The van der Waals surface area contributed by atoms with Crippen LogP contribution >= 0.6 is 0 Å². The van der Waals surface area contributed by atoms with Gasteiger partial charge in [0.2, 0.25) is 0 Å². The number of hydrogen-bond acceptors (Lipinski definition) is 2. The van der Waals surface area contributed by atoms with E-state index in [2.05, 4.69) is 6.92 Å². The molecular formula is C12H19NO2. The molecule has 0 saturated carbocycles. The fourth-order valence-electron chi connectivity index (χ4n) is 1.66. The molecule has 0 spiro atoms. The summed E-state index contributed by atoms with van der Waals surface area (Å²) in [5, 5.41) is 8.92. The van der Waals surface area contributed by atoms with Crippen molar-refractivity contribution in [2.24, 2.45) is 5.92 Å². The summed E-state index contributed by atoms with van der Waals surface area (Å²) in [6.07, 6.45) is 4.77. The normalized spacial score (nSPS) is 14.9. The summed E-state index contributed by atoms with van der Waals surface area (Å²) in [6, 6.07) is 4.02. The molecule has 0 fully saturated rings. The molecule has 0 aliphatic heterocycles. The lowest BCUT2D eigenvalue weighted by Gasteiger charge is -2.17. The third-order valence-corrected chi connectivity index (χ3v) is 2.80. The summed E-state index contributed by atoms with van der Waals surface area (Å²) in [5.41, 5.74) is 0.721. The van der Waals surface area contributed by atoms with Crippen molar-refractivity contribution in [3.05, 3.63) is 24.0 Å². The predicted molar refractivity (Wildman–Crippen MR) is 60.0 cm³/mol. The van der Waals surface area contributed by atoms with Gasteiger partial charge in [0, 0.05) is 18.8 Å². The van der Waals surface area contributed by atoms with Crippen LogP contribution in [0, 0.1) is 5.92 Å². The van der Waals surface area contributed by atoms with Gasteiger partial charge in [-0.1, -0.05) is 6.92 Å². The van der Waals surface area contributed by atoms with Crippen LogP contribution in [-0.2, 0) is 0 Å². The monoisotopic (exact) mass is 209 g/mol. The Labute approximate surface area is 90.7 Å². The second-order valence-electron chi connectivity index (χ2n) is 4.17. The molecule has 1 aromatic rings. The van der Waals surface area contributed by atoms with E-state index in [1.807, 2.05) is 29.8 Å². The van der Waals surface area contributed by atoms with Crippen LogP contribution in [0.25, 0.3) is 0 Å². The summed E-state index contributed by atoms with van der Waals surface area (Å²) in [4.78, 5) is 10.7. The summed E-state index contributed by atoms with van der Waals surface area (Å²) in [5.74, 6) is 0.336. The van der Waals surface area contributed by atoms with E-state index in [1.54, 1.807) is 0 Å². The van der Waals surface area contributed by atoms with E-state index in [9.17, 15) is 4.79 Å². The molecule has 0 bridgehead atoms. The van der Waals surface area contributed by atoms with Crippen molar-refractivity contribution < 1.29 is 9.90 Å². The second-order valence-corrected chi connectivity index (χ2v) is 4.17. The standard InChI is InChI=1S/C12H19NO2/c1-10(8-14)5-6-11(2)13-7-3-4-12(13)9-15/h3-4,7,9-11,14H,5-6,8H2,1-2H3/t10-,11+/m0/s1. The average Bonchev–Trinajstić information content (AvgIpc) is 2.73. The molecule has 1 aromatic heterocycles. The third kappa shape index (κ3) is 3.20. The molecular weight excluding hydrogens is 190 g/mol. The summed E-state index contributed by atoms with van der Waals surface area (Å²) < 4.78 is 1.98. The van der Waals surface area contributed by atoms with E-state index in [0.717, 1.165) is 24.8 Å². The van der Waals surface area contributed by atoms with Crippen LogP contribution in [0.3, 0.4) is 0 Å². The first-order valence-corrected chi connectivity index (χ1v) is 5.42. The molecule has 15 heavy (non-hydrogen) atoms. The number of rotatable bonds is 6. The van der Waals surface area contributed by atoms with Crippen LogP contribution in [0.2, 0.25) is 0 Å². The third-order valence-electron chi connectivity index (χ3n) is 2.80. The van der Waals surface area contributed by atoms with E-state index in [-0.39, 0.29) is 6.61 Å².